The number of hydrogen-bond donors (Lipinski definition) is 1. The molecule has 1 unspecified atom stereocenters. The predicted octanol–water partition coefficient (Wildman–Crippen LogP) is 1.76. The molecule has 0 saturated heterocycles. The van der Waals surface area contributed by atoms with Crippen LogP contribution in [0.25, 0.3) is 0 Å². The molecular weight excluding hydrogens is 285 g/mol. The lowest BCUT2D eigenvalue weighted by Crippen LogP contribution is -2.21. The molecule has 0 aliphatic carbocycles. The van der Waals surface area contributed by atoms with Crippen LogP contribution in [0.15, 0.2) is 0 Å². The quantitative estimate of drug-likeness (QED) is 0.277. The standard InChI is InChI=1S/C8H14INO3/c1-3-12-7(10)5-6(9)8(11)13-4-2/h6,10H,3-5H2,1-2H3. The molecule has 1 N–H and O–H groups in total. The maximum Gasteiger partial charge on any atom is 0.319 e. The third-order valence-electron chi connectivity index (χ3n) is 1.23. The summed E-state index contributed by atoms with van der Waals surface area (Å²) in [6.45, 7) is 4.40. The molecule has 4 nitrogen and oxygen atoms in total. The molecular formula is C8H14INO3. The Morgan fingerprint density at radius 1 is 1.38 bits per heavy atom. The summed E-state index contributed by atoms with van der Waals surface area (Å²) in [5.74, 6) is -0.150. The minimum absolute atomic E-state index is 0.134. The second kappa shape index (κ2) is 7.11. The Labute approximate surface area is 91.6 Å². The molecule has 0 rings (SSSR count). The smallest absolute Gasteiger partial charge is 0.319 e. The summed E-state index contributed by atoms with van der Waals surface area (Å²) in [4.78, 5) is 11.1. The Balaban J connectivity index is 3.78. The fourth-order valence-electron chi connectivity index (χ4n) is 0.712. The molecule has 13 heavy (non-hydrogen) atoms. The molecule has 0 aliphatic rings. The number of halogens is 1. The van der Waals surface area contributed by atoms with Crippen molar-refractivity contribution in [1.29, 1.82) is 5.41 Å². The summed E-state index contributed by atoms with van der Waals surface area (Å²) in [6, 6.07) is 0. The van der Waals surface area contributed by atoms with Gasteiger partial charge in [-0.2, -0.15) is 0 Å². The van der Waals surface area contributed by atoms with Gasteiger partial charge >= 0.3 is 5.97 Å². The Morgan fingerprint density at radius 3 is 2.38 bits per heavy atom. The van der Waals surface area contributed by atoms with Crippen LogP contribution in [0.1, 0.15) is 20.3 Å². The van der Waals surface area contributed by atoms with E-state index in [4.69, 9.17) is 14.9 Å². The molecule has 0 bridgehead atoms. The zero-order chi connectivity index (χ0) is 10.3. The highest BCUT2D eigenvalue weighted by Gasteiger charge is 2.18. The topological polar surface area (TPSA) is 59.4 Å². The number of carbonyl (C=O) groups excluding carboxylic acids is 1. The molecule has 0 aromatic carbocycles. The lowest BCUT2D eigenvalue weighted by atomic mass is 10.3. The number of nitrogens with one attached hydrogen (secondary N) is 1. The Morgan fingerprint density at radius 2 is 1.92 bits per heavy atom. The van der Waals surface area contributed by atoms with Gasteiger partial charge in [-0.3, -0.25) is 10.2 Å². The van der Waals surface area contributed by atoms with Crippen LogP contribution < -0.4 is 0 Å². The molecule has 1 atom stereocenters. The van der Waals surface area contributed by atoms with Crippen molar-refractivity contribution in [3.8, 4) is 0 Å². The van der Waals surface area contributed by atoms with Crippen molar-refractivity contribution in [2.75, 3.05) is 13.2 Å². The van der Waals surface area contributed by atoms with Crippen molar-refractivity contribution in [1.82, 2.24) is 0 Å². The minimum atomic E-state index is -0.323. The summed E-state index contributed by atoms with van der Waals surface area (Å²) in [6.07, 6.45) is 0.299. The summed E-state index contributed by atoms with van der Waals surface area (Å²) in [7, 11) is 0. The summed E-state index contributed by atoms with van der Waals surface area (Å²) < 4.78 is 9.37. The van der Waals surface area contributed by atoms with Crippen molar-refractivity contribution in [3.05, 3.63) is 0 Å². The number of esters is 1. The molecule has 0 amide bonds. The van der Waals surface area contributed by atoms with Crippen LogP contribution >= 0.6 is 22.6 Å². The molecule has 5 heteroatoms. The number of alkyl halides is 1. The normalized spacial score (nSPS) is 11.9. The molecule has 0 aromatic rings. The average molecular weight is 299 g/mol. The Bertz CT molecular complexity index is 184. The van der Waals surface area contributed by atoms with Crippen LogP contribution in [-0.2, 0) is 14.3 Å². The molecule has 0 fully saturated rings. The second-order valence-electron chi connectivity index (χ2n) is 2.28. The van der Waals surface area contributed by atoms with E-state index in [1.54, 1.807) is 13.8 Å². The summed E-state index contributed by atoms with van der Waals surface area (Å²) in [5.41, 5.74) is 0. The fraction of sp³-hybridized carbons (Fsp3) is 0.750. The first kappa shape index (κ1) is 12.7. The van der Waals surface area contributed by atoms with Crippen LogP contribution in [-0.4, -0.2) is 29.0 Å². The third kappa shape index (κ3) is 5.84. The van der Waals surface area contributed by atoms with Crippen LogP contribution in [0, 0.1) is 5.41 Å². The Kier molecular flexibility index (Phi) is 6.93. The van der Waals surface area contributed by atoms with Crippen LogP contribution in [0.3, 0.4) is 0 Å². The van der Waals surface area contributed by atoms with Gasteiger partial charge in [-0.1, -0.05) is 22.6 Å². The van der Waals surface area contributed by atoms with Gasteiger partial charge in [0.25, 0.3) is 0 Å². The van der Waals surface area contributed by atoms with E-state index in [2.05, 4.69) is 0 Å². The van der Waals surface area contributed by atoms with Gasteiger partial charge in [0.1, 0.15) is 3.92 Å². The first-order valence-corrected chi connectivity index (χ1v) is 5.37. The third-order valence-corrected chi connectivity index (χ3v) is 2.17. The SMILES string of the molecule is CCOC(=N)CC(I)C(=O)OCC. The van der Waals surface area contributed by atoms with E-state index in [1.807, 2.05) is 22.6 Å². The van der Waals surface area contributed by atoms with Gasteiger partial charge in [-0.15, -0.1) is 0 Å². The van der Waals surface area contributed by atoms with Crippen molar-refractivity contribution in [3.63, 3.8) is 0 Å². The van der Waals surface area contributed by atoms with E-state index in [0.29, 0.717) is 19.6 Å². The zero-order valence-corrected chi connectivity index (χ0v) is 9.96. The highest BCUT2D eigenvalue weighted by Crippen LogP contribution is 2.09. The van der Waals surface area contributed by atoms with Gasteiger partial charge in [0, 0.05) is 6.42 Å². The van der Waals surface area contributed by atoms with Gasteiger partial charge in [0.05, 0.1) is 13.2 Å². The molecule has 0 aliphatic heterocycles. The van der Waals surface area contributed by atoms with Crippen LogP contribution in [0.4, 0.5) is 0 Å². The first-order chi connectivity index (χ1) is 6.11. The van der Waals surface area contributed by atoms with Crippen LogP contribution in [0.2, 0.25) is 0 Å². The van der Waals surface area contributed by atoms with E-state index in [1.165, 1.54) is 0 Å². The summed E-state index contributed by atoms with van der Waals surface area (Å²) in [5, 5.41) is 7.31. The molecule has 0 spiro atoms. The summed E-state index contributed by atoms with van der Waals surface area (Å²) >= 11 is 1.95. The monoisotopic (exact) mass is 299 g/mol. The molecule has 0 aromatic heterocycles. The van der Waals surface area contributed by atoms with Gasteiger partial charge in [0.15, 0.2) is 5.90 Å². The second-order valence-corrected chi connectivity index (χ2v) is 3.78. The molecule has 0 radical (unpaired) electrons. The molecule has 0 heterocycles. The number of carbonyl (C=O) groups is 1. The lowest BCUT2D eigenvalue weighted by molar-refractivity contribution is -0.141. The van der Waals surface area contributed by atoms with E-state index >= 15 is 0 Å². The van der Waals surface area contributed by atoms with Crippen molar-refractivity contribution in [2.45, 2.75) is 24.2 Å². The molecule has 0 saturated carbocycles. The maximum absolute atomic E-state index is 11.1. The van der Waals surface area contributed by atoms with Crippen molar-refractivity contribution in [2.24, 2.45) is 0 Å². The maximum atomic E-state index is 11.1. The van der Waals surface area contributed by atoms with E-state index in [9.17, 15) is 4.79 Å². The van der Waals surface area contributed by atoms with Crippen LogP contribution in [0.5, 0.6) is 0 Å². The number of ether oxygens (including phenoxy) is 2. The van der Waals surface area contributed by atoms with Gasteiger partial charge in [-0.25, -0.2) is 0 Å². The largest absolute Gasteiger partial charge is 0.481 e. The predicted molar refractivity (Wildman–Crippen MR) is 58.4 cm³/mol. The van der Waals surface area contributed by atoms with E-state index in [-0.39, 0.29) is 15.8 Å². The van der Waals surface area contributed by atoms with Gasteiger partial charge in [-0.05, 0) is 13.8 Å². The average Bonchev–Trinajstić information content (AvgIpc) is 2.05. The number of rotatable bonds is 5. The highest BCUT2D eigenvalue weighted by atomic mass is 127. The Hall–Kier alpha value is -0.330. The highest BCUT2D eigenvalue weighted by molar-refractivity contribution is 14.1. The lowest BCUT2D eigenvalue weighted by Gasteiger charge is -2.09. The van der Waals surface area contributed by atoms with Gasteiger partial charge in [0.2, 0.25) is 0 Å². The zero-order valence-electron chi connectivity index (χ0n) is 7.80. The van der Waals surface area contributed by atoms with Gasteiger partial charge < -0.3 is 9.47 Å². The number of hydrogen-bond acceptors (Lipinski definition) is 4. The molecule has 76 valence electrons. The first-order valence-electron chi connectivity index (χ1n) is 4.12. The van der Waals surface area contributed by atoms with E-state index in [0.717, 1.165) is 0 Å². The van der Waals surface area contributed by atoms with E-state index < -0.39 is 0 Å². The minimum Gasteiger partial charge on any atom is -0.481 e. The van der Waals surface area contributed by atoms with Crippen molar-refractivity contribution >= 4 is 34.5 Å². The van der Waals surface area contributed by atoms with Crippen molar-refractivity contribution < 1.29 is 14.3 Å². The fourth-order valence-corrected chi connectivity index (χ4v) is 1.29.